The number of aryl methyl sites for hydroxylation is 1. The van der Waals surface area contributed by atoms with Gasteiger partial charge < -0.3 is 10.2 Å². The normalized spacial score (nSPS) is 24.6. The Morgan fingerprint density at radius 3 is 2.63 bits per heavy atom. The number of allylic oxidation sites excluding steroid dienone is 2. The first-order chi connectivity index (χ1) is 14.2. The predicted molar refractivity (Wildman–Crippen MR) is 116 cm³/mol. The molecule has 1 N–H and O–H groups in total. The smallest absolute Gasteiger partial charge is 0.243 e. The number of hydrogen-bond acceptors (Lipinski definition) is 6. The number of nitrogens with one attached hydrogen (secondary N) is 1. The van der Waals surface area contributed by atoms with Crippen LogP contribution < -0.4 is 5.32 Å². The Labute approximate surface area is 177 Å². The van der Waals surface area contributed by atoms with Gasteiger partial charge in [-0.2, -0.15) is 5.10 Å². The molecule has 1 unspecified atom stereocenters. The SMILES string of the molecule is CC(C)N1[C@H](C)C(=O)N(C)C2=CC=C(Nc3nccc(-c4ccnn4C)n3)CC21C. The number of carbonyl (C=O) groups excluding carboxylic acids is 1. The zero-order chi connectivity index (χ0) is 21.6. The largest absolute Gasteiger partial charge is 0.328 e. The van der Waals surface area contributed by atoms with Crippen molar-refractivity contribution in [3.8, 4) is 11.4 Å². The third-order valence-corrected chi connectivity index (χ3v) is 6.13. The van der Waals surface area contributed by atoms with Crippen molar-refractivity contribution in [2.24, 2.45) is 7.05 Å². The molecule has 3 heterocycles. The maximum Gasteiger partial charge on any atom is 0.243 e. The Kier molecular flexibility index (Phi) is 4.97. The van der Waals surface area contributed by atoms with E-state index >= 15 is 0 Å². The number of amides is 1. The predicted octanol–water partition coefficient (Wildman–Crippen LogP) is 2.79. The van der Waals surface area contributed by atoms with E-state index in [9.17, 15) is 4.79 Å². The van der Waals surface area contributed by atoms with Gasteiger partial charge in [0.1, 0.15) is 0 Å². The zero-order valence-electron chi connectivity index (χ0n) is 18.4. The fraction of sp³-hybridized carbons (Fsp3) is 0.455. The number of carbonyl (C=O) groups is 1. The van der Waals surface area contributed by atoms with Gasteiger partial charge in [-0.15, -0.1) is 0 Å². The molecule has 1 aliphatic heterocycles. The highest BCUT2D eigenvalue weighted by Gasteiger charge is 2.50. The molecule has 2 aromatic rings. The van der Waals surface area contributed by atoms with Crippen molar-refractivity contribution in [2.45, 2.75) is 51.7 Å². The lowest BCUT2D eigenvalue weighted by atomic mass is 9.80. The zero-order valence-corrected chi connectivity index (χ0v) is 18.4. The first kappa shape index (κ1) is 20.3. The van der Waals surface area contributed by atoms with Crippen molar-refractivity contribution >= 4 is 11.9 Å². The van der Waals surface area contributed by atoms with Crippen molar-refractivity contribution in [1.29, 1.82) is 0 Å². The standard InChI is InChI=1S/C22H29N7O/c1-14(2)29-15(3)20(30)27(5)19-8-7-16(13-22(19,29)4)25-21-23-11-9-17(26-21)18-10-12-24-28(18)6/h7-12,14-15H,13H2,1-6H3,(H,23,25,26)/t15-,22?/m1/s1. The van der Waals surface area contributed by atoms with Gasteiger partial charge in [0.25, 0.3) is 0 Å². The summed E-state index contributed by atoms with van der Waals surface area (Å²) in [5.41, 5.74) is 3.48. The summed E-state index contributed by atoms with van der Waals surface area (Å²) in [6.07, 6.45) is 8.30. The van der Waals surface area contributed by atoms with E-state index in [1.807, 2.05) is 45.3 Å². The summed E-state index contributed by atoms with van der Waals surface area (Å²) in [5, 5.41) is 7.61. The molecule has 158 valence electrons. The third-order valence-electron chi connectivity index (χ3n) is 6.13. The maximum absolute atomic E-state index is 12.8. The number of anilines is 1. The van der Waals surface area contributed by atoms with Crippen molar-refractivity contribution in [1.82, 2.24) is 29.5 Å². The molecule has 1 amide bonds. The van der Waals surface area contributed by atoms with Crippen LogP contribution >= 0.6 is 0 Å². The summed E-state index contributed by atoms with van der Waals surface area (Å²) in [7, 11) is 3.76. The first-order valence-electron chi connectivity index (χ1n) is 10.3. The number of piperazine rings is 1. The Morgan fingerprint density at radius 1 is 1.20 bits per heavy atom. The molecule has 0 spiro atoms. The molecule has 0 radical (unpaired) electrons. The van der Waals surface area contributed by atoms with Crippen molar-refractivity contribution in [2.75, 3.05) is 12.4 Å². The Balaban J connectivity index is 1.65. The Hall–Kier alpha value is -3.00. The second kappa shape index (κ2) is 7.36. The number of nitrogens with zero attached hydrogens (tertiary/aromatic N) is 6. The minimum absolute atomic E-state index is 0.129. The Bertz CT molecular complexity index is 1040. The van der Waals surface area contributed by atoms with E-state index in [-0.39, 0.29) is 23.5 Å². The molecule has 4 rings (SSSR count). The molecule has 2 aromatic heterocycles. The molecule has 30 heavy (non-hydrogen) atoms. The molecular weight excluding hydrogens is 378 g/mol. The van der Waals surface area contributed by atoms with Gasteiger partial charge in [0.2, 0.25) is 11.9 Å². The average Bonchev–Trinajstić information content (AvgIpc) is 3.12. The number of fused-ring (bicyclic) bond motifs is 1. The van der Waals surface area contributed by atoms with Crippen LogP contribution in [-0.2, 0) is 11.8 Å². The molecule has 1 aliphatic carbocycles. The fourth-order valence-corrected chi connectivity index (χ4v) is 4.95. The minimum atomic E-state index is -0.299. The van der Waals surface area contributed by atoms with Crippen molar-refractivity contribution in [3.05, 3.63) is 48.1 Å². The van der Waals surface area contributed by atoms with Gasteiger partial charge in [0, 0.05) is 50.3 Å². The summed E-state index contributed by atoms with van der Waals surface area (Å²) < 4.78 is 1.79. The van der Waals surface area contributed by atoms with Crippen LogP contribution in [0.15, 0.2) is 48.1 Å². The molecule has 1 saturated heterocycles. The molecule has 1 fully saturated rings. The van der Waals surface area contributed by atoms with Gasteiger partial charge in [-0.25, -0.2) is 9.97 Å². The first-order valence-corrected chi connectivity index (χ1v) is 10.3. The van der Waals surface area contributed by atoms with E-state index in [4.69, 9.17) is 0 Å². The highest BCUT2D eigenvalue weighted by Crippen LogP contribution is 2.42. The van der Waals surface area contributed by atoms with Gasteiger partial charge in [-0.1, -0.05) is 0 Å². The van der Waals surface area contributed by atoms with Crippen LogP contribution in [0.2, 0.25) is 0 Å². The van der Waals surface area contributed by atoms with Crippen LogP contribution in [-0.4, -0.2) is 60.1 Å². The van der Waals surface area contributed by atoms with Crippen LogP contribution in [0.4, 0.5) is 5.95 Å². The average molecular weight is 408 g/mol. The van der Waals surface area contributed by atoms with E-state index in [1.165, 1.54) is 0 Å². The highest BCUT2D eigenvalue weighted by atomic mass is 16.2. The van der Waals surface area contributed by atoms with E-state index in [2.05, 4.69) is 46.1 Å². The molecule has 2 atom stereocenters. The lowest BCUT2D eigenvalue weighted by Gasteiger charge is -2.55. The topological polar surface area (TPSA) is 79.2 Å². The number of rotatable bonds is 4. The third kappa shape index (κ3) is 3.21. The van der Waals surface area contributed by atoms with Crippen molar-refractivity contribution < 1.29 is 4.79 Å². The van der Waals surface area contributed by atoms with Gasteiger partial charge in [-0.05, 0) is 52.0 Å². The monoisotopic (exact) mass is 407 g/mol. The quantitative estimate of drug-likeness (QED) is 0.840. The second-order valence-corrected chi connectivity index (χ2v) is 8.50. The maximum atomic E-state index is 12.8. The summed E-state index contributed by atoms with van der Waals surface area (Å²) in [5.74, 6) is 0.675. The molecule has 0 saturated carbocycles. The van der Waals surface area contributed by atoms with E-state index in [0.717, 1.165) is 29.2 Å². The summed E-state index contributed by atoms with van der Waals surface area (Å²) >= 11 is 0. The van der Waals surface area contributed by atoms with E-state index in [0.29, 0.717) is 5.95 Å². The van der Waals surface area contributed by atoms with Crippen LogP contribution in [0, 0.1) is 0 Å². The van der Waals surface area contributed by atoms with Gasteiger partial charge in [0.05, 0.1) is 23.0 Å². The van der Waals surface area contributed by atoms with Crippen molar-refractivity contribution in [3.63, 3.8) is 0 Å². The lowest BCUT2D eigenvalue weighted by Crippen LogP contribution is -2.67. The molecule has 8 heteroatoms. The second-order valence-electron chi connectivity index (χ2n) is 8.50. The van der Waals surface area contributed by atoms with E-state index < -0.39 is 0 Å². The van der Waals surface area contributed by atoms with Crippen LogP contribution in [0.3, 0.4) is 0 Å². The molecule has 0 aromatic carbocycles. The van der Waals surface area contributed by atoms with Gasteiger partial charge in [-0.3, -0.25) is 14.4 Å². The molecule has 2 aliphatic rings. The number of aromatic nitrogens is 4. The van der Waals surface area contributed by atoms with E-state index in [1.54, 1.807) is 22.0 Å². The summed E-state index contributed by atoms with van der Waals surface area (Å²) in [6.45, 7) is 8.49. The molecule has 8 nitrogen and oxygen atoms in total. The summed E-state index contributed by atoms with van der Waals surface area (Å²) in [6, 6.07) is 3.86. The van der Waals surface area contributed by atoms with Crippen LogP contribution in [0.25, 0.3) is 11.4 Å². The Morgan fingerprint density at radius 2 is 1.97 bits per heavy atom. The number of likely N-dealkylation sites (N-methyl/N-ethyl adjacent to an activating group) is 1. The van der Waals surface area contributed by atoms with Gasteiger partial charge in [0.15, 0.2) is 0 Å². The van der Waals surface area contributed by atoms with Crippen LogP contribution in [0.5, 0.6) is 0 Å². The molecule has 0 bridgehead atoms. The fourth-order valence-electron chi connectivity index (χ4n) is 4.95. The number of hydrogen-bond donors (Lipinski definition) is 1. The minimum Gasteiger partial charge on any atom is -0.328 e. The highest BCUT2D eigenvalue weighted by molar-refractivity contribution is 5.85. The molecular formula is C22H29N7O. The van der Waals surface area contributed by atoms with Gasteiger partial charge >= 0.3 is 0 Å². The van der Waals surface area contributed by atoms with Crippen LogP contribution in [0.1, 0.15) is 34.1 Å². The lowest BCUT2D eigenvalue weighted by molar-refractivity contribution is -0.144. The summed E-state index contributed by atoms with van der Waals surface area (Å²) in [4.78, 5) is 26.0.